The number of carbonyl (C=O) groups excluding carboxylic acids is 1. The van der Waals surface area contributed by atoms with Crippen LogP contribution >= 0.6 is 11.8 Å². The zero-order valence-corrected chi connectivity index (χ0v) is 25.3. The van der Waals surface area contributed by atoms with E-state index in [1.165, 1.54) is 38.1 Å². The lowest BCUT2D eigenvalue weighted by molar-refractivity contribution is -0.384. The van der Waals surface area contributed by atoms with Crippen molar-refractivity contribution in [1.29, 1.82) is 0 Å². The molecule has 1 heterocycles. The molecule has 0 saturated carbocycles. The van der Waals surface area contributed by atoms with Crippen molar-refractivity contribution in [2.75, 3.05) is 14.2 Å². The van der Waals surface area contributed by atoms with Crippen LogP contribution in [-0.4, -0.2) is 39.8 Å². The van der Waals surface area contributed by atoms with Crippen molar-refractivity contribution in [2.45, 2.75) is 30.3 Å². The number of hydrogen-bond acceptors (Lipinski definition) is 8. The Hall–Kier alpha value is -5.16. The third-order valence-electron chi connectivity index (χ3n) is 6.98. The number of ether oxygens (including phenoxy) is 2. The molecule has 10 nitrogen and oxygen atoms in total. The quantitative estimate of drug-likeness (QED) is 0.0966. The molecule has 11 heteroatoms. The van der Waals surface area contributed by atoms with Crippen LogP contribution in [0.3, 0.4) is 0 Å². The first-order chi connectivity index (χ1) is 21.4. The number of aryl methyl sites for hydroxylation is 1. The number of non-ortho nitro benzene ring substituents is 1. The summed E-state index contributed by atoms with van der Waals surface area (Å²) in [5, 5.41) is 24.2. The third kappa shape index (κ3) is 6.90. The van der Waals surface area contributed by atoms with Gasteiger partial charge in [-0.2, -0.15) is 0 Å². The molecule has 44 heavy (non-hydrogen) atoms. The van der Waals surface area contributed by atoms with Crippen molar-refractivity contribution in [3.05, 3.63) is 135 Å². The molecule has 1 atom stereocenters. The number of nitrogens with zero attached hydrogens (tertiary/aromatic N) is 4. The van der Waals surface area contributed by atoms with Crippen LogP contribution in [0.2, 0.25) is 0 Å². The Bertz CT molecular complexity index is 1740. The van der Waals surface area contributed by atoms with E-state index >= 15 is 0 Å². The predicted molar refractivity (Wildman–Crippen MR) is 169 cm³/mol. The summed E-state index contributed by atoms with van der Waals surface area (Å²) >= 11 is 1.49. The average molecular weight is 610 g/mol. The summed E-state index contributed by atoms with van der Waals surface area (Å²) in [4.78, 5) is 24.8. The van der Waals surface area contributed by atoms with E-state index in [1.54, 1.807) is 30.3 Å². The van der Waals surface area contributed by atoms with Crippen molar-refractivity contribution in [3.8, 4) is 17.2 Å². The van der Waals surface area contributed by atoms with Gasteiger partial charge in [0.2, 0.25) is 0 Å². The van der Waals surface area contributed by atoms with Crippen molar-refractivity contribution in [1.82, 2.24) is 20.1 Å². The Morgan fingerprint density at radius 2 is 1.57 bits per heavy atom. The summed E-state index contributed by atoms with van der Waals surface area (Å²) in [5.74, 6) is 1.42. The van der Waals surface area contributed by atoms with Crippen LogP contribution in [0, 0.1) is 17.0 Å². The van der Waals surface area contributed by atoms with Gasteiger partial charge in [0.25, 0.3) is 11.6 Å². The molecule has 1 unspecified atom stereocenters. The number of methoxy groups -OCH3 is 2. The smallest absolute Gasteiger partial charge is 0.269 e. The van der Waals surface area contributed by atoms with Gasteiger partial charge in [0.1, 0.15) is 17.1 Å². The second-order valence-electron chi connectivity index (χ2n) is 9.98. The molecule has 0 spiro atoms. The minimum Gasteiger partial charge on any atom is -0.496 e. The van der Waals surface area contributed by atoms with E-state index in [2.05, 4.69) is 21.6 Å². The van der Waals surface area contributed by atoms with Gasteiger partial charge in [-0.3, -0.25) is 19.5 Å². The van der Waals surface area contributed by atoms with Crippen molar-refractivity contribution >= 4 is 23.4 Å². The van der Waals surface area contributed by atoms with E-state index in [0.29, 0.717) is 40.3 Å². The maximum Gasteiger partial charge on any atom is 0.269 e. The molecule has 5 aromatic rings. The van der Waals surface area contributed by atoms with Crippen LogP contribution in [0.25, 0.3) is 5.69 Å². The average Bonchev–Trinajstić information content (AvgIpc) is 3.47. The number of nitro benzene ring substituents is 1. The summed E-state index contributed by atoms with van der Waals surface area (Å²) in [6.45, 7) is 2.04. The lowest BCUT2D eigenvalue weighted by Gasteiger charge is -2.21. The third-order valence-corrected chi connectivity index (χ3v) is 7.98. The molecular formula is C33H31N5O5S. The Balaban J connectivity index is 1.59. The molecular weight excluding hydrogens is 578 g/mol. The highest BCUT2D eigenvalue weighted by molar-refractivity contribution is 7.98. The fourth-order valence-electron chi connectivity index (χ4n) is 4.88. The van der Waals surface area contributed by atoms with Crippen molar-refractivity contribution in [2.24, 2.45) is 0 Å². The lowest BCUT2D eigenvalue weighted by atomic mass is 10.0. The molecule has 0 radical (unpaired) electrons. The van der Waals surface area contributed by atoms with E-state index in [0.717, 1.165) is 16.7 Å². The molecule has 0 aliphatic carbocycles. The summed E-state index contributed by atoms with van der Waals surface area (Å²) < 4.78 is 12.8. The molecule has 0 aliphatic heterocycles. The molecule has 0 fully saturated rings. The molecule has 4 aromatic carbocycles. The SMILES string of the molecule is COc1cccc(OC)c1C(=O)NC(Cc1ccccc1)c1nnc(SCc2cccc(C)c2)n1-c1ccc([N+](=O)[O-])cc1. The van der Waals surface area contributed by atoms with E-state index < -0.39 is 16.9 Å². The number of benzene rings is 4. The molecule has 224 valence electrons. The monoisotopic (exact) mass is 609 g/mol. The largest absolute Gasteiger partial charge is 0.496 e. The van der Waals surface area contributed by atoms with Crippen LogP contribution in [0.4, 0.5) is 5.69 Å². The number of rotatable bonds is 12. The Morgan fingerprint density at radius 1 is 0.909 bits per heavy atom. The summed E-state index contributed by atoms with van der Waals surface area (Å²) in [6.07, 6.45) is 0.401. The van der Waals surface area contributed by atoms with Gasteiger partial charge in [-0.05, 0) is 48.7 Å². The van der Waals surface area contributed by atoms with Crippen LogP contribution in [-0.2, 0) is 12.2 Å². The Kier molecular flexibility index (Phi) is 9.56. The molecule has 1 aromatic heterocycles. The first kappa shape index (κ1) is 30.3. The van der Waals surface area contributed by atoms with Crippen molar-refractivity contribution in [3.63, 3.8) is 0 Å². The van der Waals surface area contributed by atoms with Gasteiger partial charge in [-0.15, -0.1) is 10.2 Å². The fraction of sp³-hybridized carbons (Fsp3) is 0.182. The minimum absolute atomic E-state index is 0.0326. The number of nitrogens with one attached hydrogen (secondary N) is 1. The number of aromatic nitrogens is 3. The van der Waals surface area contributed by atoms with E-state index in [1.807, 2.05) is 60.0 Å². The summed E-state index contributed by atoms with van der Waals surface area (Å²) in [6, 6.07) is 28.7. The number of amides is 1. The number of thioether (sulfide) groups is 1. The van der Waals surface area contributed by atoms with Gasteiger partial charge in [0.05, 0.1) is 25.2 Å². The van der Waals surface area contributed by atoms with Crippen LogP contribution in [0.5, 0.6) is 11.5 Å². The number of hydrogen-bond donors (Lipinski definition) is 1. The standard InChI is InChI=1S/C33H31N5O5S/c1-22-9-7-12-24(19-22)21-44-33-36-35-31(37(33)25-15-17-26(18-16-25)38(40)41)27(20-23-10-5-4-6-11-23)34-32(39)30-28(42-2)13-8-14-29(30)43-3/h4-19,27H,20-21H2,1-3H3,(H,34,39). The summed E-state index contributed by atoms with van der Waals surface area (Å²) in [7, 11) is 2.99. The maximum atomic E-state index is 13.9. The Labute approximate surface area is 259 Å². The van der Waals surface area contributed by atoms with Gasteiger partial charge in [-0.1, -0.05) is 78.0 Å². The highest BCUT2D eigenvalue weighted by atomic mass is 32.2. The molecule has 0 bridgehead atoms. The minimum atomic E-state index is -0.643. The molecule has 5 rings (SSSR count). The molecule has 0 saturated heterocycles. The lowest BCUT2D eigenvalue weighted by Crippen LogP contribution is -2.32. The van der Waals surface area contributed by atoms with Crippen LogP contribution < -0.4 is 14.8 Å². The number of carbonyl (C=O) groups is 1. The van der Waals surface area contributed by atoms with Gasteiger partial charge in [0.15, 0.2) is 11.0 Å². The molecule has 0 aliphatic rings. The maximum absolute atomic E-state index is 13.9. The first-order valence-electron chi connectivity index (χ1n) is 13.8. The topological polar surface area (TPSA) is 121 Å². The zero-order chi connectivity index (χ0) is 31.1. The van der Waals surface area contributed by atoms with Gasteiger partial charge < -0.3 is 14.8 Å². The van der Waals surface area contributed by atoms with Crippen molar-refractivity contribution < 1.29 is 19.2 Å². The Morgan fingerprint density at radius 3 is 2.20 bits per heavy atom. The predicted octanol–water partition coefficient (Wildman–Crippen LogP) is 6.51. The van der Waals surface area contributed by atoms with Crippen LogP contribution in [0.1, 0.15) is 38.9 Å². The molecule has 1 amide bonds. The zero-order valence-electron chi connectivity index (χ0n) is 24.5. The van der Waals surface area contributed by atoms with Gasteiger partial charge in [0, 0.05) is 23.6 Å². The second kappa shape index (κ2) is 13.9. The molecule has 1 N–H and O–H groups in total. The second-order valence-corrected chi connectivity index (χ2v) is 10.9. The van der Waals surface area contributed by atoms with E-state index in [-0.39, 0.29) is 11.3 Å². The fourth-order valence-corrected chi connectivity index (χ4v) is 5.78. The van der Waals surface area contributed by atoms with Gasteiger partial charge >= 0.3 is 0 Å². The van der Waals surface area contributed by atoms with Crippen LogP contribution in [0.15, 0.2) is 102 Å². The highest BCUT2D eigenvalue weighted by Crippen LogP contribution is 2.32. The first-order valence-corrected chi connectivity index (χ1v) is 14.8. The van der Waals surface area contributed by atoms with E-state index in [9.17, 15) is 14.9 Å². The summed E-state index contributed by atoms with van der Waals surface area (Å²) in [5.41, 5.74) is 4.09. The van der Waals surface area contributed by atoms with Gasteiger partial charge in [-0.25, -0.2) is 0 Å². The van der Waals surface area contributed by atoms with E-state index in [4.69, 9.17) is 9.47 Å². The number of nitro groups is 1. The highest BCUT2D eigenvalue weighted by Gasteiger charge is 2.28. The normalized spacial score (nSPS) is 11.5.